The van der Waals surface area contributed by atoms with Crippen LogP contribution in [0.15, 0.2) is 72.8 Å². The van der Waals surface area contributed by atoms with Gasteiger partial charge in [0.2, 0.25) is 11.8 Å². The van der Waals surface area contributed by atoms with Gasteiger partial charge in [-0.2, -0.15) is 0 Å². The monoisotopic (exact) mass is 576 g/mol. The van der Waals surface area contributed by atoms with Crippen molar-refractivity contribution in [2.45, 2.75) is 44.5 Å². The van der Waals surface area contributed by atoms with Crippen LogP contribution in [0.4, 0.5) is 0 Å². The molecule has 0 bridgehead atoms. The number of hydrogen-bond acceptors (Lipinski definition) is 3. The Labute approximate surface area is 238 Å². The lowest BCUT2D eigenvalue weighted by Gasteiger charge is -2.32. The third-order valence-electron chi connectivity index (χ3n) is 5.87. The molecule has 3 aromatic rings. The first-order valence-electron chi connectivity index (χ1n) is 12.2. The molecule has 0 aliphatic heterocycles. The van der Waals surface area contributed by atoms with E-state index in [1.807, 2.05) is 54.6 Å². The molecule has 8 heteroatoms. The topological polar surface area (TPSA) is 49.4 Å². The molecule has 0 radical (unpaired) electrons. The van der Waals surface area contributed by atoms with Crippen LogP contribution in [-0.4, -0.2) is 35.1 Å². The first kappa shape index (κ1) is 29.4. The minimum Gasteiger partial charge on any atom is -0.354 e. The van der Waals surface area contributed by atoms with Gasteiger partial charge in [-0.25, -0.2) is 0 Å². The fraction of sp³-hybridized carbons (Fsp3) is 0.310. The molecule has 1 atom stereocenters. The Bertz CT molecular complexity index is 1160. The van der Waals surface area contributed by atoms with E-state index in [1.54, 1.807) is 23.1 Å². The number of amides is 2. The Morgan fingerprint density at radius 1 is 0.919 bits per heavy atom. The van der Waals surface area contributed by atoms with Gasteiger partial charge in [0.25, 0.3) is 0 Å². The number of benzene rings is 3. The SMILES string of the molecule is CCCCNC(=O)[C@@H](Cc1ccccc1)N(Cc1c(Cl)cccc1Cl)C(=O)CSCc1cccc(Cl)c1. The van der Waals surface area contributed by atoms with E-state index in [1.165, 1.54) is 11.8 Å². The lowest BCUT2D eigenvalue weighted by molar-refractivity contribution is -0.139. The average molecular weight is 578 g/mol. The summed E-state index contributed by atoms with van der Waals surface area (Å²) in [5.41, 5.74) is 2.62. The molecule has 0 saturated heterocycles. The molecule has 3 aromatic carbocycles. The highest BCUT2D eigenvalue weighted by Crippen LogP contribution is 2.28. The molecular formula is C29H31Cl3N2O2S. The summed E-state index contributed by atoms with van der Waals surface area (Å²) in [6, 6.07) is 21.8. The molecule has 4 nitrogen and oxygen atoms in total. The zero-order chi connectivity index (χ0) is 26.6. The summed E-state index contributed by atoms with van der Waals surface area (Å²) >= 11 is 20.6. The standard InChI is InChI=1S/C29H31Cl3N2O2S/c1-2-3-15-33-29(36)27(17-21-9-5-4-6-10-21)34(18-24-25(31)13-8-14-26(24)32)28(35)20-37-19-22-11-7-12-23(30)16-22/h4-14,16,27H,2-3,15,17-20H2,1H3,(H,33,36)/t27-/m1/s1. The second-order valence-electron chi connectivity index (χ2n) is 8.69. The summed E-state index contributed by atoms with van der Waals surface area (Å²) < 4.78 is 0. The number of carbonyl (C=O) groups is 2. The van der Waals surface area contributed by atoms with E-state index in [9.17, 15) is 9.59 Å². The minimum atomic E-state index is -0.717. The minimum absolute atomic E-state index is 0.133. The maximum atomic E-state index is 13.7. The fourth-order valence-corrected chi connectivity index (χ4v) is 5.47. The van der Waals surface area contributed by atoms with Crippen molar-refractivity contribution >= 4 is 58.4 Å². The van der Waals surface area contributed by atoms with Crippen LogP contribution in [0, 0.1) is 0 Å². The number of nitrogens with one attached hydrogen (secondary N) is 1. The van der Waals surface area contributed by atoms with Crippen molar-refractivity contribution in [2.75, 3.05) is 12.3 Å². The van der Waals surface area contributed by atoms with Crippen LogP contribution < -0.4 is 5.32 Å². The van der Waals surface area contributed by atoms with Gasteiger partial charge in [0.05, 0.1) is 5.75 Å². The molecule has 0 aliphatic rings. The van der Waals surface area contributed by atoms with Crippen molar-refractivity contribution in [2.24, 2.45) is 0 Å². The zero-order valence-corrected chi connectivity index (χ0v) is 23.8. The predicted octanol–water partition coefficient (Wildman–Crippen LogP) is 7.44. The maximum Gasteiger partial charge on any atom is 0.243 e. The van der Waals surface area contributed by atoms with Crippen LogP contribution >= 0.6 is 46.6 Å². The molecule has 0 heterocycles. The molecule has 0 aromatic heterocycles. The van der Waals surface area contributed by atoms with Gasteiger partial charge in [0, 0.05) is 45.9 Å². The van der Waals surface area contributed by atoms with E-state index in [4.69, 9.17) is 34.8 Å². The molecule has 3 rings (SSSR count). The molecule has 0 aliphatic carbocycles. The average Bonchev–Trinajstić information content (AvgIpc) is 2.88. The smallest absolute Gasteiger partial charge is 0.243 e. The van der Waals surface area contributed by atoms with Gasteiger partial charge < -0.3 is 10.2 Å². The number of halogens is 3. The number of nitrogens with zero attached hydrogens (tertiary/aromatic N) is 1. The van der Waals surface area contributed by atoms with E-state index in [0.29, 0.717) is 39.3 Å². The van der Waals surface area contributed by atoms with E-state index >= 15 is 0 Å². The Balaban J connectivity index is 1.88. The highest BCUT2D eigenvalue weighted by Gasteiger charge is 2.31. The lowest BCUT2D eigenvalue weighted by atomic mass is 10.0. The van der Waals surface area contributed by atoms with Crippen LogP contribution in [0.3, 0.4) is 0 Å². The molecular weight excluding hydrogens is 547 g/mol. The first-order valence-corrected chi connectivity index (χ1v) is 14.5. The Morgan fingerprint density at radius 2 is 1.59 bits per heavy atom. The van der Waals surface area contributed by atoms with Gasteiger partial charge in [0.15, 0.2) is 0 Å². The molecule has 0 unspecified atom stereocenters. The van der Waals surface area contributed by atoms with Gasteiger partial charge in [0.1, 0.15) is 6.04 Å². The van der Waals surface area contributed by atoms with Gasteiger partial charge >= 0.3 is 0 Å². The molecule has 196 valence electrons. The second kappa shape index (κ2) is 15.3. The van der Waals surface area contributed by atoms with Crippen LogP contribution in [0.5, 0.6) is 0 Å². The number of unbranched alkanes of at least 4 members (excludes halogenated alkanes) is 1. The van der Waals surface area contributed by atoms with Gasteiger partial charge in [-0.3, -0.25) is 9.59 Å². The Morgan fingerprint density at radius 3 is 2.27 bits per heavy atom. The number of hydrogen-bond donors (Lipinski definition) is 1. The number of carbonyl (C=O) groups excluding carboxylic acids is 2. The highest BCUT2D eigenvalue weighted by atomic mass is 35.5. The lowest BCUT2D eigenvalue weighted by Crippen LogP contribution is -2.51. The molecule has 37 heavy (non-hydrogen) atoms. The van der Waals surface area contributed by atoms with Crippen molar-refractivity contribution in [3.05, 3.63) is 105 Å². The van der Waals surface area contributed by atoms with Crippen LogP contribution in [-0.2, 0) is 28.3 Å². The molecule has 1 N–H and O–H groups in total. The summed E-state index contributed by atoms with van der Waals surface area (Å²) in [4.78, 5) is 28.8. The summed E-state index contributed by atoms with van der Waals surface area (Å²) in [5, 5.41) is 4.60. The predicted molar refractivity (Wildman–Crippen MR) is 156 cm³/mol. The molecule has 0 saturated carbocycles. The number of thioether (sulfide) groups is 1. The van der Waals surface area contributed by atoms with Crippen molar-refractivity contribution in [3.8, 4) is 0 Å². The third-order valence-corrected chi connectivity index (χ3v) is 7.81. The van der Waals surface area contributed by atoms with Gasteiger partial charge in [-0.05, 0) is 41.8 Å². The summed E-state index contributed by atoms with van der Waals surface area (Å²) in [6.45, 7) is 2.76. The summed E-state index contributed by atoms with van der Waals surface area (Å²) in [5.74, 6) is 0.476. The summed E-state index contributed by atoms with van der Waals surface area (Å²) in [7, 11) is 0. The Hall–Kier alpha value is -2.18. The largest absolute Gasteiger partial charge is 0.354 e. The van der Waals surface area contributed by atoms with Crippen molar-refractivity contribution in [1.82, 2.24) is 10.2 Å². The van der Waals surface area contributed by atoms with E-state index in [-0.39, 0.29) is 24.1 Å². The Kier molecular flexibility index (Phi) is 12.1. The molecule has 0 fully saturated rings. The van der Waals surface area contributed by atoms with Gasteiger partial charge in [-0.1, -0.05) is 96.7 Å². The second-order valence-corrected chi connectivity index (χ2v) is 10.9. The highest BCUT2D eigenvalue weighted by molar-refractivity contribution is 7.99. The van der Waals surface area contributed by atoms with Crippen LogP contribution in [0.1, 0.15) is 36.5 Å². The zero-order valence-electron chi connectivity index (χ0n) is 20.8. The van der Waals surface area contributed by atoms with E-state index in [0.717, 1.165) is 24.0 Å². The van der Waals surface area contributed by atoms with Crippen LogP contribution in [0.2, 0.25) is 15.1 Å². The third kappa shape index (κ3) is 9.26. The van der Waals surface area contributed by atoms with Crippen molar-refractivity contribution < 1.29 is 9.59 Å². The molecule has 0 spiro atoms. The normalized spacial score (nSPS) is 11.7. The van der Waals surface area contributed by atoms with E-state index < -0.39 is 6.04 Å². The van der Waals surface area contributed by atoms with Crippen molar-refractivity contribution in [1.29, 1.82) is 0 Å². The number of rotatable bonds is 13. The van der Waals surface area contributed by atoms with Crippen LogP contribution in [0.25, 0.3) is 0 Å². The molecule has 2 amide bonds. The quantitative estimate of drug-likeness (QED) is 0.215. The van der Waals surface area contributed by atoms with Gasteiger partial charge in [-0.15, -0.1) is 11.8 Å². The van der Waals surface area contributed by atoms with E-state index in [2.05, 4.69) is 12.2 Å². The summed E-state index contributed by atoms with van der Waals surface area (Å²) in [6.07, 6.45) is 2.21. The fourth-order valence-electron chi connectivity index (χ4n) is 3.88. The maximum absolute atomic E-state index is 13.7. The first-order chi connectivity index (χ1) is 17.9. The van der Waals surface area contributed by atoms with Crippen molar-refractivity contribution in [3.63, 3.8) is 0 Å².